The molecule has 0 bridgehead atoms. The standard InChI is InChI=1S/C12H16N7O8P.C12H17N4O8P.C12H16N3O9P.C12H16N3O8P.C12H16N3O7P.C11H14ClN4O7P/c1-4-14-9-6(10(15-4)25-2)16-12(17-18-13)19(9)11-8(21)7(20)5(27-11)3-26-28(22,23)24;1-5-14-10-7(11(19)15(5)2)13-4-16(10)12-9(18)8(17)6(24-12)3-23-25(20,21)22;1-4-13-10-5(11(19)14-4)2-7(16)15(10)12-9(18)8(17)6(24-12)3-23-25(20,21)22;1-5-13-10-6(11(18)14-5)2-3-15(10)12-9(17)8(16)7(23-12)4-22-24(19,20)21;13-7-1-3-14-11-6(7)2-4-15(11)12-10(17)9(16)8(22-12)5-21-23(18,19)20;1-4-14-9(12)6-10(15-4)16(3-13-6)11-8(18)7(17)5(23-11)2-22-24(19,20)21/h5,7-8,11,20-21H,3H2,1-2H3,(H2,22,23,24);4,6,8-9,12,17-18H,3H2,1-2H3,(H2,20,21,22);6,8-9,12,17-18H,2-3H2,1H3,(H,13,14,19)(H2,20,21,22);2-3,7-9,12,16-17H,4H2,1H3,(H,13,14,18)(H2,19,20,21);1-4,8-10,12,16-17H,5H2,(H2,13,14)(H2,18,19,20);3,5,7-8,11,17-18H,2H2,1H3,(H2,19,20,21)/t5-,7-,8-,11-;2*6-,8-,9-,12-;7-,8-,9-,12-;8-,9-,10-,12-;5-,7-,8-,11-/m111111/s1. The number of anilines is 2. The van der Waals surface area contributed by atoms with E-state index in [1.807, 2.05) is 0 Å². The summed E-state index contributed by atoms with van der Waals surface area (Å²) in [6.07, 6.45) is -24.8. The van der Waals surface area contributed by atoms with E-state index < -0.39 is 245 Å². The lowest BCUT2D eigenvalue weighted by Gasteiger charge is -2.26. The van der Waals surface area contributed by atoms with Crippen molar-refractivity contribution < 1.29 is 212 Å². The summed E-state index contributed by atoms with van der Waals surface area (Å²) in [6, 6.07) is 4.81. The minimum atomic E-state index is -4.82. The van der Waals surface area contributed by atoms with Crippen LogP contribution < -0.4 is 32.0 Å². The van der Waals surface area contributed by atoms with Crippen LogP contribution in [0.25, 0.3) is 66.0 Å². The van der Waals surface area contributed by atoms with Crippen molar-refractivity contribution >= 4 is 137 Å². The molecular formula is C71H95ClN24O47P6. The number of hydrogen-bond donors (Lipinski definition) is 27. The first-order valence-corrected chi connectivity index (χ1v) is 52.2. The SMILES string of the molecule is COc1nc(C)nc2c1nc(N=[N+]=[N-])n2[C@@H]1O[C@H](COP(=O)(O)O)[C@@H](O)[C@H]1O.Cc1nc(Cl)c2ncn([C@@H]3O[C@H](COP(=O)(O)O)[C@@H](O)[C@H]3O)c2n1.Cc1nc2c(c(=O)[nH]1)CC(=O)N2[C@@H]1O[C@H](COP(=O)(O)O)[C@@H](O)[C@H]1O.Cc1nc2c(ccn2[C@@H]2O[C@H](COP(=O)(O)O)[C@@H](O)[C@H]2O)c(=O)[nH]1.Cc1nc2c(ncn2[C@@H]2O[C@H](COP(=O)(O)O)[C@@H](O)[C@H]2O)c(=O)n1C.Nc1ccnc2c1ccn2[C@@H]1O[C@H](COP(=O)(O)O)[C@@H](O)[C@H]1O. The number of aliphatic hydroxyl groups excluding tert-OH is 12. The molecule has 11 aromatic heterocycles. The number of ether oxygens (including phenoxy) is 7. The Morgan fingerprint density at radius 2 is 0.819 bits per heavy atom. The number of aliphatic hydroxyl groups is 12. The molecule has 18 rings (SSSR count). The lowest BCUT2D eigenvalue weighted by molar-refractivity contribution is -0.121. The summed E-state index contributed by atoms with van der Waals surface area (Å²) < 4.78 is 136. The van der Waals surface area contributed by atoms with Gasteiger partial charge in [0.25, 0.3) is 16.7 Å². The number of aryl methyl sites for hydroxylation is 5. The Morgan fingerprint density at radius 1 is 0.443 bits per heavy atom. The quantitative estimate of drug-likeness (QED) is 0.00788. The van der Waals surface area contributed by atoms with Gasteiger partial charge in [-0.3, -0.25) is 69.5 Å². The lowest BCUT2D eigenvalue weighted by Crippen LogP contribution is -2.46. The molecule has 71 nitrogen and oxygen atoms in total. The van der Waals surface area contributed by atoms with Gasteiger partial charge < -0.3 is 178 Å². The van der Waals surface area contributed by atoms with E-state index in [4.69, 9.17) is 115 Å². The van der Waals surface area contributed by atoms with Crippen LogP contribution >= 0.6 is 58.5 Å². The van der Waals surface area contributed by atoms with Gasteiger partial charge in [-0.15, -0.1) is 0 Å². The van der Waals surface area contributed by atoms with Crippen molar-refractivity contribution in [3.63, 3.8) is 0 Å². The Bertz CT molecular complexity index is 7310. The summed E-state index contributed by atoms with van der Waals surface area (Å²) in [4.78, 5) is 207. The minimum absolute atomic E-state index is 0.0130. The molecule has 0 aliphatic carbocycles. The highest BCUT2D eigenvalue weighted by atomic mass is 35.5. The number of carbonyl (C=O) groups excluding carboxylic acids is 1. The maximum absolute atomic E-state index is 12.3. The molecule has 818 valence electrons. The van der Waals surface area contributed by atoms with E-state index in [0.717, 1.165) is 9.47 Å². The van der Waals surface area contributed by atoms with Crippen molar-refractivity contribution in [1.29, 1.82) is 0 Å². The van der Waals surface area contributed by atoms with Crippen LogP contribution in [0.5, 0.6) is 5.88 Å². The second kappa shape index (κ2) is 46.1. The van der Waals surface area contributed by atoms with Crippen LogP contribution in [-0.2, 0) is 101 Å². The maximum atomic E-state index is 12.3. The number of fused-ring (bicyclic) bond motifs is 6. The van der Waals surface area contributed by atoms with Gasteiger partial charge in [-0.1, -0.05) is 11.6 Å². The fraction of sp³-hybridized carbons (Fsp3) is 0.535. The fourth-order valence-electron chi connectivity index (χ4n) is 15.8. The van der Waals surface area contributed by atoms with Gasteiger partial charge in [0.2, 0.25) is 17.7 Å². The third-order valence-electron chi connectivity index (χ3n) is 22.8. The molecular weight excluding hydrogens is 2160 g/mol. The number of methoxy groups -OCH3 is 1. The van der Waals surface area contributed by atoms with E-state index in [-0.39, 0.29) is 90.9 Å². The van der Waals surface area contributed by atoms with Gasteiger partial charge in [-0.2, -0.15) is 4.98 Å². The Morgan fingerprint density at radius 3 is 1.26 bits per heavy atom. The first kappa shape index (κ1) is 116. The van der Waals surface area contributed by atoms with Crippen LogP contribution in [0.4, 0.5) is 17.5 Å². The molecule has 0 unspecified atom stereocenters. The zero-order valence-corrected chi connectivity index (χ0v) is 83.2. The predicted octanol–water partition coefficient (Wildman–Crippen LogP) is -6.87. The number of aromatic nitrogens is 19. The molecule has 24 atom stereocenters. The van der Waals surface area contributed by atoms with Crippen molar-refractivity contribution in [2.75, 3.05) is 57.4 Å². The second-order valence-corrected chi connectivity index (χ2v) is 40.8. The number of hydrogen-bond acceptors (Lipinski definition) is 48. The molecule has 28 N–H and O–H groups in total. The van der Waals surface area contributed by atoms with Crippen molar-refractivity contribution in [3.8, 4) is 5.88 Å². The molecule has 18 heterocycles. The van der Waals surface area contributed by atoms with Gasteiger partial charge in [-0.25, -0.2) is 77.2 Å². The summed E-state index contributed by atoms with van der Waals surface area (Å²) in [5, 5.41) is 126. The highest BCUT2D eigenvalue weighted by Crippen LogP contribution is 2.47. The van der Waals surface area contributed by atoms with Gasteiger partial charge in [0.05, 0.1) is 76.8 Å². The van der Waals surface area contributed by atoms with E-state index in [9.17, 15) is 108 Å². The molecule has 0 aromatic carbocycles. The van der Waals surface area contributed by atoms with Crippen LogP contribution in [0.3, 0.4) is 0 Å². The average Bonchev–Trinajstić information content (AvgIpc) is 1.60. The van der Waals surface area contributed by atoms with Crippen LogP contribution in [0.1, 0.15) is 65.8 Å². The summed E-state index contributed by atoms with van der Waals surface area (Å²) in [7, 11) is -25.6. The summed E-state index contributed by atoms with van der Waals surface area (Å²) in [5.74, 6) is 0.975. The minimum Gasteiger partial charge on any atom is -0.479 e. The number of nitrogen functional groups attached to an aromatic ring is 1. The lowest BCUT2D eigenvalue weighted by atomic mass is 10.1. The number of amides is 1. The maximum Gasteiger partial charge on any atom is 0.469 e. The van der Waals surface area contributed by atoms with Crippen LogP contribution in [0.15, 0.2) is 68.9 Å². The summed E-state index contributed by atoms with van der Waals surface area (Å²) in [6.45, 7) is 4.14. The number of nitrogens with two attached hydrogens (primary N) is 1. The Labute approximate surface area is 833 Å². The molecule has 0 spiro atoms. The molecule has 78 heteroatoms. The van der Waals surface area contributed by atoms with E-state index >= 15 is 0 Å². The van der Waals surface area contributed by atoms with Crippen molar-refractivity contribution in [2.45, 2.75) is 188 Å². The molecule has 149 heavy (non-hydrogen) atoms. The van der Waals surface area contributed by atoms with Gasteiger partial charge in [-0.05, 0) is 63.5 Å². The number of phosphoric ester groups is 6. The number of carbonyl (C=O) groups is 1. The van der Waals surface area contributed by atoms with Crippen molar-refractivity contribution in [3.05, 3.63) is 131 Å². The zero-order chi connectivity index (χ0) is 110. The number of imidazole rings is 3. The van der Waals surface area contributed by atoms with E-state index in [0.29, 0.717) is 45.4 Å². The predicted molar refractivity (Wildman–Crippen MR) is 486 cm³/mol. The molecule has 11 aromatic rings. The van der Waals surface area contributed by atoms with Crippen LogP contribution in [0.2, 0.25) is 5.15 Å². The van der Waals surface area contributed by atoms with E-state index in [2.05, 4.69) is 102 Å². The molecule has 1 amide bonds. The highest BCUT2D eigenvalue weighted by Gasteiger charge is 2.54. The second-order valence-electron chi connectivity index (χ2n) is 33.0. The van der Waals surface area contributed by atoms with Crippen molar-refractivity contribution in [2.24, 2.45) is 12.2 Å². The topological polar surface area (TPSA) is 1060 Å². The Balaban J connectivity index is 0.000000149. The molecule has 6 fully saturated rings. The highest BCUT2D eigenvalue weighted by molar-refractivity contribution is 7.47. The molecule has 0 saturated carbocycles. The molecule has 7 aliphatic heterocycles. The normalized spacial score (nSPS) is 27.6. The van der Waals surface area contributed by atoms with E-state index in [1.165, 1.54) is 68.0 Å². The Kier molecular flexibility index (Phi) is 36.0. The molecule has 0 radical (unpaired) electrons. The number of H-pyrrole nitrogens is 2. The largest absolute Gasteiger partial charge is 0.479 e. The first-order valence-electron chi connectivity index (χ1n) is 42.6. The fourth-order valence-corrected chi connectivity index (χ4v) is 18.1. The number of azide groups is 1. The number of nitrogens with zero attached hydrogens (tertiary/aromatic N) is 21. The number of rotatable bonds is 26. The number of aromatic amines is 2. The third kappa shape index (κ3) is 26.8. The monoisotopic (exact) mass is 2260 g/mol. The van der Waals surface area contributed by atoms with Gasteiger partial charge in [0, 0.05) is 41.6 Å². The van der Waals surface area contributed by atoms with E-state index in [1.54, 1.807) is 53.1 Å². The number of pyridine rings is 1. The smallest absolute Gasteiger partial charge is 0.469 e. The number of nitrogens with one attached hydrogen (secondary N) is 2. The Hall–Kier alpha value is -9.95. The third-order valence-corrected chi connectivity index (χ3v) is 26.0. The molecule has 6 saturated heterocycles. The molecule has 7 aliphatic rings. The van der Waals surface area contributed by atoms with Gasteiger partial charge >= 0.3 is 46.9 Å². The number of halogens is 1. The summed E-state index contributed by atoms with van der Waals surface area (Å²) in [5.41, 5.74) is 15.8. The zero-order valence-electron chi connectivity index (χ0n) is 77.1. The van der Waals surface area contributed by atoms with Crippen LogP contribution in [-0.4, -0.2) is 381 Å². The van der Waals surface area contributed by atoms with Crippen molar-refractivity contribution in [1.82, 2.24) is 92.2 Å². The summed E-state index contributed by atoms with van der Waals surface area (Å²) >= 11 is 5.99. The number of phosphoric acid groups is 6. The van der Waals surface area contributed by atoms with Gasteiger partial charge in [0.15, 0.2) is 70.5 Å². The first-order chi connectivity index (χ1) is 69.5. The average molecular weight is 2260 g/mol. The van der Waals surface area contributed by atoms with Crippen LogP contribution in [0, 0.1) is 34.6 Å². The van der Waals surface area contributed by atoms with Gasteiger partial charge in [0.1, 0.15) is 162 Å².